The van der Waals surface area contributed by atoms with Crippen LogP contribution >= 0.6 is 11.3 Å². The van der Waals surface area contributed by atoms with Crippen molar-refractivity contribution < 1.29 is 14.3 Å². The summed E-state index contributed by atoms with van der Waals surface area (Å²) < 4.78 is 4.85. The molecule has 2 rings (SSSR count). The minimum absolute atomic E-state index is 0.0284. The first-order valence-corrected chi connectivity index (χ1v) is 8.09. The van der Waals surface area contributed by atoms with E-state index in [0.717, 1.165) is 30.9 Å². The van der Waals surface area contributed by atoms with E-state index >= 15 is 0 Å². The summed E-state index contributed by atoms with van der Waals surface area (Å²) in [6.45, 7) is 5.78. The summed E-state index contributed by atoms with van der Waals surface area (Å²) in [7, 11) is 1.34. The Bertz CT molecular complexity index is 545. The Morgan fingerprint density at radius 1 is 1.38 bits per heavy atom. The number of esters is 1. The van der Waals surface area contributed by atoms with E-state index in [1.807, 2.05) is 0 Å². The van der Waals surface area contributed by atoms with Crippen molar-refractivity contribution in [2.24, 2.45) is 5.92 Å². The number of rotatable bonds is 4. The standard InChI is InChI=1S/C15H22N2O3S/c1-4-10(18)13-12(16)11(15(19)20-3)14(21-13)17-7-5-9(2)6-8-17/h9H,4-8,16H2,1-3H3. The van der Waals surface area contributed by atoms with E-state index in [1.165, 1.54) is 18.4 Å². The molecule has 0 spiro atoms. The zero-order valence-corrected chi connectivity index (χ0v) is 13.6. The molecule has 1 fully saturated rings. The van der Waals surface area contributed by atoms with Gasteiger partial charge in [0.1, 0.15) is 10.6 Å². The summed E-state index contributed by atoms with van der Waals surface area (Å²) in [5, 5.41) is 0.781. The minimum Gasteiger partial charge on any atom is -0.465 e. The molecular weight excluding hydrogens is 288 g/mol. The summed E-state index contributed by atoms with van der Waals surface area (Å²) in [6.07, 6.45) is 2.53. The van der Waals surface area contributed by atoms with Crippen molar-refractivity contribution in [3.63, 3.8) is 0 Å². The highest BCUT2D eigenvalue weighted by atomic mass is 32.1. The number of ketones is 1. The molecule has 1 aromatic rings. The Labute approximate surface area is 129 Å². The van der Waals surface area contributed by atoms with Gasteiger partial charge in [-0.2, -0.15) is 0 Å². The van der Waals surface area contributed by atoms with Gasteiger partial charge in [-0.05, 0) is 18.8 Å². The zero-order valence-electron chi connectivity index (χ0n) is 12.8. The lowest BCUT2D eigenvalue weighted by Crippen LogP contribution is -2.33. The van der Waals surface area contributed by atoms with E-state index < -0.39 is 5.97 Å². The summed E-state index contributed by atoms with van der Waals surface area (Å²) in [5.74, 6) is 0.198. The molecule has 2 heterocycles. The fourth-order valence-electron chi connectivity index (χ4n) is 2.53. The smallest absolute Gasteiger partial charge is 0.343 e. The molecular formula is C15H22N2O3S. The van der Waals surface area contributed by atoms with Crippen LogP contribution < -0.4 is 10.6 Å². The number of nitrogen functional groups attached to an aromatic ring is 1. The summed E-state index contributed by atoms with van der Waals surface area (Å²) in [6, 6.07) is 0. The van der Waals surface area contributed by atoms with Crippen molar-refractivity contribution in [1.29, 1.82) is 0 Å². The first kappa shape index (κ1) is 15.8. The van der Waals surface area contributed by atoms with Crippen molar-refractivity contribution >= 4 is 33.8 Å². The van der Waals surface area contributed by atoms with Gasteiger partial charge in [0.25, 0.3) is 0 Å². The van der Waals surface area contributed by atoms with E-state index in [0.29, 0.717) is 22.8 Å². The number of anilines is 2. The van der Waals surface area contributed by atoms with Crippen LogP contribution in [0.25, 0.3) is 0 Å². The van der Waals surface area contributed by atoms with Crippen LogP contribution in [-0.4, -0.2) is 32.0 Å². The molecule has 0 saturated carbocycles. The first-order valence-electron chi connectivity index (χ1n) is 7.28. The largest absolute Gasteiger partial charge is 0.465 e. The number of hydrogen-bond donors (Lipinski definition) is 1. The topological polar surface area (TPSA) is 72.6 Å². The number of methoxy groups -OCH3 is 1. The van der Waals surface area contributed by atoms with Gasteiger partial charge in [0.2, 0.25) is 0 Å². The molecule has 1 aromatic heterocycles. The SMILES string of the molecule is CCC(=O)c1sc(N2CCC(C)CC2)c(C(=O)OC)c1N. The molecule has 1 aliphatic heterocycles. The van der Waals surface area contributed by atoms with Crippen LogP contribution in [0.2, 0.25) is 0 Å². The molecule has 0 amide bonds. The number of hydrogen-bond acceptors (Lipinski definition) is 6. The van der Waals surface area contributed by atoms with Crippen LogP contribution in [0, 0.1) is 5.92 Å². The Kier molecular flexibility index (Phi) is 4.88. The van der Waals surface area contributed by atoms with E-state index in [9.17, 15) is 9.59 Å². The zero-order chi connectivity index (χ0) is 15.6. The van der Waals surface area contributed by atoms with Crippen molar-refractivity contribution in [2.45, 2.75) is 33.1 Å². The van der Waals surface area contributed by atoms with Gasteiger partial charge in [-0.1, -0.05) is 13.8 Å². The second-order valence-electron chi connectivity index (χ2n) is 5.46. The average molecular weight is 310 g/mol. The number of nitrogens with two attached hydrogens (primary N) is 1. The number of nitrogens with zero attached hydrogens (tertiary/aromatic N) is 1. The molecule has 1 aliphatic rings. The maximum atomic E-state index is 12.1. The molecule has 21 heavy (non-hydrogen) atoms. The molecule has 0 aromatic carbocycles. The van der Waals surface area contributed by atoms with E-state index in [2.05, 4.69) is 11.8 Å². The van der Waals surface area contributed by atoms with Gasteiger partial charge in [-0.3, -0.25) is 4.79 Å². The van der Waals surface area contributed by atoms with Gasteiger partial charge in [-0.15, -0.1) is 11.3 Å². The van der Waals surface area contributed by atoms with Crippen LogP contribution in [0.15, 0.2) is 0 Å². The third-order valence-electron chi connectivity index (χ3n) is 3.96. The van der Waals surface area contributed by atoms with Gasteiger partial charge in [0.05, 0.1) is 17.7 Å². The number of ether oxygens (including phenoxy) is 1. The fraction of sp³-hybridized carbons (Fsp3) is 0.600. The molecule has 2 N–H and O–H groups in total. The van der Waals surface area contributed by atoms with Crippen LogP contribution in [0.5, 0.6) is 0 Å². The Hall–Kier alpha value is -1.56. The third kappa shape index (κ3) is 3.05. The maximum absolute atomic E-state index is 12.1. The molecule has 0 unspecified atom stereocenters. The number of thiophene rings is 1. The number of Topliss-reactive ketones (excluding diaryl/α,β-unsaturated/α-hetero) is 1. The van der Waals surface area contributed by atoms with Crippen LogP contribution in [0.1, 0.15) is 53.1 Å². The van der Waals surface area contributed by atoms with E-state index in [4.69, 9.17) is 10.5 Å². The molecule has 6 heteroatoms. The molecule has 0 radical (unpaired) electrons. The van der Waals surface area contributed by atoms with Crippen LogP contribution in [-0.2, 0) is 4.74 Å². The molecule has 0 bridgehead atoms. The van der Waals surface area contributed by atoms with E-state index in [-0.39, 0.29) is 11.5 Å². The van der Waals surface area contributed by atoms with Crippen LogP contribution in [0.3, 0.4) is 0 Å². The van der Waals surface area contributed by atoms with Crippen molar-refractivity contribution in [3.8, 4) is 0 Å². The van der Waals surface area contributed by atoms with Crippen LogP contribution in [0.4, 0.5) is 10.7 Å². The normalized spacial score (nSPS) is 16.0. The number of carbonyl (C=O) groups is 2. The Morgan fingerprint density at radius 3 is 2.52 bits per heavy atom. The highest BCUT2D eigenvalue weighted by Crippen LogP contribution is 2.40. The predicted molar refractivity (Wildman–Crippen MR) is 85.3 cm³/mol. The minimum atomic E-state index is -0.465. The summed E-state index contributed by atoms with van der Waals surface area (Å²) in [5.41, 5.74) is 6.68. The van der Waals surface area contributed by atoms with E-state index in [1.54, 1.807) is 6.92 Å². The maximum Gasteiger partial charge on any atom is 0.343 e. The lowest BCUT2D eigenvalue weighted by Gasteiger charge is -2.31. The first-order chi connectivity index (χ1) is 9.99. The Balaban J connectivity index is 2.43. The highest BCUT2D eigenvalue weighted by Gasteiger charge is 2.29. The quantitative estimate of drug-likeness (QED) is 0.684. The molecule has 0 atom stereocenters. The molecule has 5 nitrogen and oxygen atoms in total. The van der Waals surface area contributed by atoms with Gasteiger partial charge < -0.3 is 15.4 Å². The average Bonchev–Trinajstić information content (AvgIpc) is 2.84. The second kappa shape index (κ2) is 6.47. The predicted octanol–water partition coefficient (Wildman–Crippen LogP) is 2.95. The van der Waals surface area contributed by atoms with Gasteiger partial charge in [0.15, 0.2) is 5.78 Å². The lowest BCUT2D eigenvalue weighted by molar-refractivity contribution is 0.0603. The lowest BCUT2D eigenvalue weighted by atomic mass is 9.99. The molecule has 116 valence electrons. The second-order valence-corrected chi connectivity index (χ2v) is 6.46. The summed E-state index contributed by atoms with van der Waals surface area (Å²) >= 11 is 1.32. The fourth-order valence-corrected chi connectivity index (χ4v) is 3.80. The van der Waals surface area contributed by atoms with Gasteiger partial charge >= 0.3 is 5.97 Å². The molecule has 1 saturated heterocycles. The third-order valence-corrected chi connectivity index (χ3v) is 5.27. The molecule has 0 aliphatic carbocycles. The van der Waals surface area contributed by atoms with Crippen molar-refractivity contribution in [3.05, 3.63) is 10.4 Å². The Morgan fingerprint density at radius 2 is 2.00 bits per heavy atom. The van der Waals surface area contributed by atoms with Crippen molar-refractivity contribution in [1.82, 2.24) is 0 Å². The number of carbonyl (C=O) groups excluding carboxylic acids is 2. The monoisotopic (exact) mass is 310 g/mol. The summed E-state index contributed by atoms with van der Waals surface area (Å²) in [4.78, 5) is 26.7. The highest BCUT2D eigenvalue weighted by molar-refractivity contribution is 7.19. The van der Waals surface area contributed by atoms with Crippen molar-refractivity contribution in [2.75, 3.05) is 30.8 Å². The number of piperidine rings is 1. The van der Waals surface area contributed by atoms with Gasteiger partial charge in [-0.25, -0.2) is 4.79 Å². The van der Waals surface area contributed by atoms with Gasteiger partial charge in [0, 0.05) is 19.5 Å².